The van der Waals surface area contributed by atoms with E-state index in [1.807, 2.05) is 0 Å². The second kappa shape index (κ2) is 5.92. The first-order valence-electron chi connectivity index (χ1n) is 6.09. The third-order valence-corrected chi connectivity index (χ3v) is 2.99. The largest absolute Gasteiger partial charge is 0.508 e. The van der Waals surface area contributed by atoms with Crippen molar-refractivity contribution in [2.75, 3.05) is 6.54 Å². The fraction of sp³-hybridized carbons (Fsp3) is 0.133. The smallest absolute Gasteiger partial charge is 0.254 e. The van der Waals surface area contributed by atoms with Gasteiger partial charge in [-0.2, -0.15) is 0 Å². The Bertz CT molecular complexity index is 638. The highest BCUT2D eigenvalue weighted by atomic mass is 35.5. The Balaban J connectivity index is 2.40. The Kier molecular flexibility index (Phi) is 4.25. The molecule has 2 N–H and O–H groups in total. The van der Waals surface area contributed by atoms with Gasteiger partial charge in [0, 0.05) is 11.6 Å². The van der Waals surface area contributed by atoms with Crippen molar-refractivity contribution >= 4 is 17.5 Å². The Morgan fingerprint density at radius 1 is 1.25 bits per heavy atom. The summed E-state index contributed by atoms with van der Waals surface area (Å²) in [7, 11) is 0. The Morgan fingerprint density at radius 3 is 2.60 bits per heavy atom. The van der Waals surface area contributed by atoms with Crippen molar-refractivity contribution in [2.45, 2.75) is 6.92 Å². The number of amides is 1. The highest BCUT2D eigenvalue weighted by Crippen LogP contribution is 2.28. The van der Waals surface area contributed by atoms with Gasteiger partial charge in [-0.05, 0) is 48.4 Å². The average molecular weight is 294 g/mol. The lowest BCUT2D eigenvalue weighted by molar-refractivity contribution is 0.0952. The third kappa shape index (κ3) is 3.08. The maximum Gasteiger partial charge on any atom is 0.254 e. The van der Waals surface area contributed by atoms with Crippen molar-refractivity contribution in [1.82, 2.24) is 5.32 Å². The zero-order valence-corrected chi connectivity index (χ0v) is 11.5. The molecule has 104 valence electrons. The molecule has 5 heteroatoms. The van der Waals surface area contributed by atoms with Crippen molar-refractivity contribution in [3.63, 3.8) is 0 Å². The molecule has 0 unspecified atom stereocenters. The normalized spacial score (nSPS) is 10.3. The molecule has 0 saturated heterocycles. The lowest BCUT2D eigenvalue weighted by Crippen LogP contribution is -2.23. The first-order valence-corrected chi connectivity index (χ1v) is 6.46. The van der Waals surface area contributed by atoms with Crippen molar-refractivity contribution < 1.29 is 14.3 Å². The van der Waals surface area contributed by atoms with E-state index in [4.69, 9.17) is 11.6 Å². The summed E-state index contributed by atoms with van der Waals surface area (Å²) in [4.78, 5) is 11.6. The molecule has 0 radical (unpaired) electrons. The first kappa shape index (κ1) is 14.3. The van der Waals surface area contributed by atoms with Gasteiger partial charge in [-0.15, -0.1) is 0 Å². The van der Waals surface area contributed by atoms with E-state index in [2.05, 4.69) is 5.32 Å². The van der Waals surface area contributed by atoms with E-state index in [1.165, 1.54) is 24.3 Å². The van der Waals surface area contributed by atoms with Crippen LogP contribution in [0.25, 0.3) is 11.1 Å². The van der Waals surface area contributed by atoms with Gasteiger partial charge in [0.25, 0.3) is 5.91 Å². The summed E-state index contributed by atoms with van der Waals surface area (Å²) < 4.78 is 14.0. The summed E-state index contributed by atoms with van der Waals surface area (Å²) in [5.41, 5.74) is 1.10. The van der Waals surface area contributed by atoms with Gasteiger partial charge < -0.3 is 10.4 Å². The molecule has 0 fully saturated rings. The number of phenols is 1. The van der Waals surface area contributed by atoms with E-state index in [-0.39, 0.29) is 11.3 Å². The first-order chi connectivity index (χ1) is 9.51. The number of phenolic OH excluding ortho intramolecular Hbond substituents is 1. The Labute approximate surface area is 121 Å². The molecule has 0 spiro atoms. The zero-order chi connectivity index (χ0) is 14.7. The summed E-state index contributed by atoms with van der Waals surface area (Å²) in [6.07, 6.45) is 0. The summed E-state index contributed by atoms with van der Waals surface area (Å²) in [6, 6.07) is 8.75. The topological polar surface area (TPSA) is 49.3 Å². The summed E-state index contributed by atoms with van der Waals surface area (Å²) in [6.45, 7) is 2.20. The van der Waals surface area contributed by atoms with Crippen LogP contribution in [0.1, 0.15) is 17.3 Å². The van der Waals surface area contributed by atoms with Crippen molar-refractivity contribution in [3.05, 3.63) is 52.8 Å². The fourth-order valence-electron chi connectivity index (χ4n) is 1.88. The van der Waals surface area contributed by atoms with Gasteiger partial charge in [-0.3, -0.25) is 4.79 Å². The molecule has 2 aromatic carbocycles. The third-order valence-electron chi connectivity index (χ3n) is 2.77. The van der Waals surface area contributed by atoms with Crippen LogP contribution in [0.5, 0.6) is 5.75 Å². The SMILES string of the molecule is CCNC(=O)c1ccc(-c2cc(O)cc(Cl)c2)cc1F. The standard InChI is InChI=1S/C15H13ClFNO2/c1-2-18-15(20)13-4-3-9(7-14(13)17)10-5-11(16)8-12(19)6-10/h3-8,19H,2H2,1H3,(H,18,20). The second-order valence-electron chi connectivity index (χ2n) is 4.25. The van der Waals surface area contributed by atoms with Crippen molar-refractivity contribution in [1.29, 1.82) is 0 Å². The second-order valence-corrected chi connectivity index (χ2v) is 4.69. The highest BCUT2D eigenvalue weighted by Gasteiger charge is 2.12. The lowest BCUT2D eigenvalue weighted by atomic mass is 10.0. The van der Waals surface area contributed by atoms with Crippen LogP contribution in [-0.4, -0.2) is 17.6 Å². The fourth-order valence-corrected chi connectivity index (χ4v) is 2.10. The number of halogens is 2. The maximum absolute atomic E-state index is 14.0. The Hall–Kier alpha value is -2.07. The van der Waals surface area contributed by atoms with Crippen LogP contribution < -0.4 is 5.32 Å². The van der Waals surface area contributed by atoms with E-state index in [1.54, 1.807) is 19.1 Å². The molecule has 0 saturated carbocycles. The predicted octanol–water partition coefficient (Wildman–Crippen LogP) is 3.60. The van der Waals surface area contributed by atoms with Gasteiger partial charge in [0.1, 0.15) is 11.6 Å². The van der Waals surface area contributed by atoms with E-state index >= 15 is 0 Å². The molecule has 0 aliphatic heterocycles. The number of carbonyl (C=O) groups excluding carboxylic acids is 1. The van der Waals surface area contributed by atoms with Crippen LogP contribution in [0.2, 0.25) is 5.02 Å². The minimum atomic E-state index is -0.618. The summed E-state index contributed by atoms with van der Waals surface area (Å²) in [5.74, 6) is -1.07. The van der Waals surface area contributed by atoms with Crippen LogP contribution >= 0.6 is 11.6 Å². The van der Waals surface area contributed by atoms with Gasteiger partial charge in [-0.1, -0.05) is 17.7 Å². The molecular weight excluding hydrogens is 281 g/mol. The summed E-state index contributed by atoms with van der Waals surface area (Å²) in [5, 5.41) is 12.4. The van der Waals surface area contributed by atoms with E-state index in [0.717, 1.165) is 0 Å². The number of nitrogens with one attached hydrogen (secondary N) is 1. The number of benzene rings is 2. The molecule has 3 nitrogen and oxygen atoms in total. The molecule has 1 amide bonds. The maximum atomic E-state index is 14.0. The van der Waals surface area contributed by atoms with Crippen LogP contribution in [0.15, 0.2) is 36.4 Å². The minimum Gasteiger partial charge on any atom is -0.508 e. The number of hydrogen-bond acceptors (Lipinski definition) is 2. The molecule has 2 aromatic rings. The van der Waals surface area contributed by atoms with Crippen LogP contribution in [-0.2, 0) is 0 Å². The number of carbonyl (C=O) groups is 1. The molecule has 0 bridgehead atoms. The molecule has 0 aliphatic carbocycles. The van der Waals surface area contributed by atoms with Gasteiger partial charge in [0.05, 0.1) is 5.56 Å². The summed E-state index contributed by atoms with van der Waals surface area (Å²) >= 11 is 5.84. The lowest BCUT2D eigenvalue weighted by Gasteiger charge is -2.07. The van der Waals surface area contributed by atoms with Gasteiger partial charge >= 0.3 is 0 Å². The van der Waals surface area contributed by atoms with Crippen LogP contribution in [0.3, 0.4) is 0 Å². The number of aromatic hydroxyl groups is 1. The minimum absolute atomic E-state index is 0.000658. The molecule has 0 heterocycles. The highest BCUT2D eigenvalue weighted by molar-refractivity contribution is 6.31. The molecule has 0 aromatic heterocycles. The zero-order valence-electron chi connectivity index (χ0n) is 10.8. The van der Waals surface area contributed by atoms with E-state index < -0.39 is 11.7 Å². The molecule has 0 atom stereocenters. The Morgan fingerprint density at radius 2 is 2.00 bits per heavy atom. The van der Waals surface area contributed by atoms with E-state index in [0.29, 0.717) is 22.7 Å². The van der Waals surface area contributed by atoms with Crippen molar-refractivity contribution in [2.24, 2.45) is 0 Å². The predicted molar refractivity (Wildman–Crippen MR) is 76.5 cm³/mol. The van der Waals surface area contributed by atoms with Crippen molar-refractivity contribution in [3.8, 4) is 16.9 Å². The molecule has 0 aliphatic rings. The van der Waals surface area contributed by atoms with Gasteiger partial charge in [-0.25, -0.2) is 4.39 Å². The molecule has 2 rings (SSSR count). The monoisotopic (exact) mass is 293 g/mol. The van der Waals surface area contributed by atoms with Crippen LogP contribution in [0, 0.1) is 5.82 Å². The average Bonchev–Trinajstić information content (AvgIpc) is 2.37. The van der Waals surface area contributed by atoms with Crippen LogP contribution in [0.4, 0.5) is 4.39 Å². The van der Waals surface area contributed by atoms with Gasteiger partial charge in [0.2, 0.25) is 0 Å². The molecule has 20 heavy (non-hydrogen) atoms. The van der Waals surface area contributed by atoms with Gasteiger partial charge in [0.15, 0.2) is 0 Å². The number of rotatable bonds is 3. The quantitative estimate of drug-likeness (QED) is 0.908. The number of hydrogen-bond donors (Lipinski definition) is 2. The van der Waals surface area contributed by atoms with E-state index in [9.17, 15) is 14.3 Å². The molecular formula is C15H13ClFNO2.